The van der Waals surface area contributed by atoms with E-state index in [0.717, 1.165) is 17.3 Å². The van der Waals surface area contributed by atoms with E-state index < -0.39 is 0 Å². The van der Waals surface area contributed by atoms with E-state index in [-0.39, 0.29) is 11.8 Å². The Bertz CT molecular complexity index is 513. The summed E-state index contributed by atoms with van der Waals surface area (Å²) in [6.45, 7) is 2.68. The summed E-state index contributed by atoms with van der Waals surface area (Å²) >= 11 is 3.35. The summed E-state index contributed by atoms with van der Waals surface area (Å²) in [4.78, 5) is 25.7. The van der Waals surface area contributed by atoms with Crippen molar-refractivity contribution in [2.75, 3.05) is 13.1 Å². The second kappa shape index (κ2) is 7.59. The monoisotopic (exact) mass is 352 g/mol. The maximum absolute atomic E-state index is 12.0. The first-order chi connectivity index (χ1) is 10.1. The molecule has 4 nitrogen and oxygen atoms in total. The fraction of sp³-hybridized carbons (Fsp3) is 0.500. The number of carbonyl (C=O) groups excluding carboxylic acids is 2. The maximum atomic E-state index is 12.0. The molecule has 1 aromatic carbocycles. The second-order valence-electron chi connectivity index (χ2n) is 5.42. The van der Waals surface area contributed by atoms with E-state index in [4.69, 9.17) is 0 Å². The smallest absolute Gasteiger partial charge is 0.251 e. The first-order valence-electron chi connectivity index (χ1n) is 7.39. The molecular weight excluding hydrogens is 332 g/mol. The third-order valence-corrected chi connectivity index (χ3v) is 4.39. The fourth-order valence-corrected chi connectivity index (χ4v) is 3.23. The van der Waals surface area contributed by atoms with Crippen LogP contribution in [0.2, 0.25) is 0 Å². The van der Waals surface area contributed by atoms with Crippen LogP contribution in [0.4, 0.5) is 0 Å². The zero-order chi connectivity index (χ0) is 15.2. The van der Waals surface area contributed by atoms with E-state index in [1.165, 1.54) is 12.8 Å². The Morgan fingerprint density at radius 3 is 2.67 bits per heavy atom. The highest BCUT2D eigenvalue weighted by molar-refractivity contribution is 9.10. The van der Waals surface area contributed by atoms with Gasteiger partial charge < -0.3 is 10.2 Å². The number of amides is 2. The van der Waals surface area contributed by atoms with Crippen LogP contribution in [0.15, 0.2) is 28.7 Å². The van der Waals surface area contributed by atoms with Gasteiger partial charge in [-0.25, -0.2) is 0 Å². The number of hydrogen-bond acceptors (Lipinski definition) is 2. The highest BCUT2D eigenvalue weighted by Gasteiger charge is 2.24. The van der Waals surface area contributed by atoms with Crippen LogP contribution in [-0.2, 0) is 4.79 Å². The summed E-state index contributed by atoms with van der Waals surface area (Å²) in [5, 5.41) is 2.88. The third kappa shape index (κ3) is 4.56. The van der Waals surface area contributed by atoms with Crippen LogP contribution in [-0.4, -0.2) is 35.8 Å². The minimum absolute atomic E-state index is 0.0959. The number of nitrogens with zero attached hydrogens (tertiary/aromatic N) is 1. The van der Waals surface area contributed by atoms with Gasteiger partial charge in [0.05, 0.1) is 0 Å². The van der Waals surface area contributed by atoms with E-state index in [2.05, 4.69) is 21.2 Å². The Balaban J connectivity index is 1.84. The molecular formula is C16H21BrN2O2. The number of carbonyl (C=O) groups is 2. The summed E-state index contributed by atoms with van der Waals surface area (Å²) in [5.41, 5.74) is 0.625. The lowest BCUT2D eigenvalue weighted by molar-refractivity contribution is -0.130. The van der Waals surface area contributed by atoms with E-state index in [1.807, 2.05) is 17.0 Å². The molecule has 1 aliphatic carbocycles. The minimum Gasteiger partial charge on any atom is -0.350 e. The van der Waals surface area contributed by atoms with Gasteiger partial charge in [-0.05, 0) is 31.0 Å². The Labute approximate surface area is 134 Å². The van der Waals surface area contributed by atoms with Gasteiger partial charge in [-0.3, -0.25) is 9.59 Å². The molecule has 21 heavy (non-hydrogen) atoms. The van der Waals surface area contributed by atoms with Gasteiger partial charge in [-0.15, -0.1) is 0 Å². The van der Waals surface area contributed by atoms with Crippen LogP contribution in [0.1, 0.15) is 43.0 Å². The van der Waals surface area contributed by atoms with Crippen molar-refractivity contribution in [1.82, 2.24) is 10.2 Å². The van der Waals surface area contributed by atoms with Gasteiger partial charge >= 0.3 is 0 Å². The van der Waals surface area contributed by atoms with Crippen molar-refractivity contribution in [1.29, 1.82) is 0 Å². The van der Waals surface area contributed by atoms with Gasteiger partial charge in [0, 0.05) is 36.1 Å². The van der Waals surface area contributed by atoms with Gasteiger partial charge in [0.1, 0.15) is 0 Å². The topological polar surface area (TPSA) is 49.4 Å². The van der Waals surface area contributed by atoms with Crippen LogP contribution in [0.25, 0.3) is 0 Å². The van der Waals surface area contributed by atoms with Crippen molar-refractivity contribution in [2.24, 2.45) is 0 Å². The van der Waals surface area contributed by atoms with Crippen molar-refractivity contribution in [2.45, 2.75) is 38.6 Å². The Kier molecular flexibility index (Phi) is 5.79. The van der Waals surface area contributed by atoms with Crippen molar-refractivity contribution >= 4 is 27.7 Å². The predicted octanol–water partition coefficient (Wildman–Crippen LogP) is 2.97. The first-order valence-corrected chi connectivity index (χ1v) is 8.18. The summed E-state index contributed by atoms with van der Waals surface area (Å²) < 4.78 is 0.881. The molecule has 114 valence electrons. The molecule has 5 heteroatoms. The molecule has 1 aliphatic rings. The molecule has 2 amide bonds. The molecule has 1 aromatic rings. The first kappa shape index (κ1) is 16.0. The van der Waals surface area contributed by atoms with Crippen LogP contribution in [0.5, 0.6) is 0 Å². The third-order valence-electron chi connectivity index (χ3n) is 3.90. The highest BCUT2D eigenvalue weighted by Crippen LogP contribution is 2.23. The maximum Gasteiger partial charge on any atom is 0.251 e. The molecule has 2 rings (SSSR count). The highest BCUT2D eigenvalue weighted by atomic mass is 79.9. The lowest BCUT2D eigenvalue weighted by Crippen LogP contribution is -2.42. The Hall–Kier alpha value is -1.36. The summed E-state index contributed by atoms with van der Waals surface area (Å²) in [5.74, 6) is -0.00942. The van der Waals surface area contributed by atoms with Gasteiger partial charge in [0.15, 0.2) is 0 Å². The largest absolute Gasteiger partial charge is 0.350 e. The number of nitrogens with one attached hydrogen (secondary N) is 1. The lowest BCUT2D eigenvalue weighted by atomic mass is 10.2. The van der Waals surface area contributed by atoms with Gasteiger partial charge in [0.25, 0.3) is 5.91 Å². The van der Waals surface area contributed by atoms with E-state index in [9.17, 15) is 9.59 Å². The average molecular weight is 353 g/mol. The number of rotatable bonds is 5. The SMILES string of the molecule is CC(=O)N(CCNC(=O)c1cccc(Br)c1)C1CCCC1. The lowest BCUT2D eigenvalue weighted by Gasteiger charge is -2.27. The quantitative estimate of drug-likeness (QED) is 0.885. The molecule has 0 aromatic heterocycles. The van der Waals surface area contributed by atoms with Crippen LogP contribution >= 0.6 is 15.9 Å². The van der Waals surface area contributed by atoms with Crippen molar-refractivity contribution in [3.05, 3.63) is 34.3 Å². The summed E-state index contributed by atoms with van der Waals surface area (Å²) in [6.07, 6.45) is 4.55. The molecule has 0 saturated heterocycles. The molecule has 0 radical (unpaired) electrons. The number of halogens is 1. The van der Waals surface area contributed by atoms with Crippen LogP contribution < -0.4 is 5.32 Å². The summed E-state index contributed by atoms with van der Waals surface area (Å²) in [7, 11) is 0. The Morgan fingerprint density at radius 1 is 1.33 bits per heavy atom. The van der Waals surface area contributed by atoms with Gasteiger partial charge in [0.2, 0.25) is 5.91 Å². The predicted molar refractivity (Wildman–Crippen MR) is 86.1 cm³/mol. The zero-order valence-electron chi connectivity index (χ0n) is 12.3. The molecule has 1 fully saturated rings. The van der Waals surface area contributed by atoms with E-state index in [0.29, 0.717) is 24.7 Å². The molecule has 1 N–H and O–H groups in total. The molecule has 0 unspecified atom stereocenters. The minimum atomic E-state index is -0.105. The van der Waals surface area contributed by atoms with Gasteiger partial charge in [-0.1, -0.05) is 34.8 Å². The van der Waals surface area contributed by atoms with E-state index >= 15 is 0 Å². The van der Waals surface area contributed by atoms with Crippen LogP contribution in [0.3, 0.4) is 0 Å². The van der Waals surface area contributed by atoms with Gasteiger partial charge in [-0.2, -0.15) is 0 Å². The molecule has 0 heterocycles. The number of hydrogen-bond donors (Lipinski definition) is 1. The summed E-state index contributed by atoms with van der Waals surface area (Å²) in [6, 6.07) is 7.63. The molecule has 0 spiro atoms. The van der Waals surface area contributed by atoms with E-state index in [1.54, 1.807) is 19.1 Å². The van der Waals surface area contributed by atoms with Crippen molar-refractivity contribution in [3.8, 4) is 0 Å². The van der Waals surface area contributed by atoms with Crippen LogP contribution in [0, 0.1) is 0 Å². The molecule has 0 atom stereocenters. The second-order valence-corrected chi connectivity index (χ2v) is 6.33. The zero-order valence-corrected chi connectivity index (χ0v) is 13.9. The molecule has 0 aliphatic heterocycles. The Morgan fingerprint density at radius 2 is 2.05 bits per heavy atom. The standard InChI is InChI=1S/C16H21BrN2O2/c1-12(20)19(15-7-2-3-8-15)10-9-18-16(21)13-5-4-6-14(17)11-13/h4-6,11,15H,2-3,7-10H2,1H3,(H,18,21). The number of benzene rings is 1. The molecule has 1 saturated carbocycles. The van der Waals surface area contributed by atoms with Crippen molar-refractivity contribution < 1.29 is 9.59 Å². The molecule has 0 bridgehead atoms. The average Bonchev–Trinajstić information content (AvgIpc) is 2.96. The fourth-order valence-electron chi connectivity index (χ4n) is 2.83. The van der Waals surface area contributed by atoms with Crippen molar-refractivity contribution in [3.63, 3.8) is 0 Å². The normalized spacial score (nSPS) is 15.0.